The number of halogens is 4. The molecule has 0 unspecified atom stereocenters. The summed E-state index contributed by atoms with van der Waals surface area (Å²) in [5, 5.41) is 3.29. The summed E-state index contributed by atoms with van der Waals surface area (Å²) in [4.78, 5) is 12.0. The van der Waals surface area contributed by atoms with E-state index in [1.807, 2.05) is 0 Å². The van der Waals surface area contributed by atoms with Crippen LogP contribution in [0.5, 0.6) is 0 Å². The van der Waals surface area contributed by atoms with E-state index in [9.17, 15) is 9.18 Å². The zero-order valence-corrected chi connectivity index (χ0v) is 12.2. The molecule has 3 N–H and O–H groups in total. The summed E-state index contributed by atoms with van der Waals surface area (Å²) >= 11 is 17.6. The fraction of sp³-hybridized carbons (Fsp3) is 0. The van der Waals surface area contributed by atoms with Crippen molar-refractivity contribution in [1.82, 2.24) is 0 Å². The van der Waals surface area contributed by atoms with E-state index in [4.69, 9.17) is 40.5 Å². The van der Waals surface area contributed by atoms with Crippen LogP contribution >= 0.6 is 34.8 Å². The number of amides is 1. The number of rotatable bonds is 2. The zero-order chi connectivity index (χ0) is 14.9. The van der Waals surface area contributed by atoms with Crippen molar-refractivity contribution in [2.45, 2.75) is 0 Å². The number of carbonyl (C=O) groups is 1. The molecule has 2 rings (SSSR count). The molecule has 0 radical (unpaired) electrons. The van der Waals surface area contributed by atoms with Crippen molar-refractivity contribution >= 4 is 52.1 Å². The lowest BCUT2D eigenvalue weighted by atomic mass is 10.1. The fourth-order valence-corrected chi connectivity index (χ4v) is 2.14. The van der Waals surface area contributed by atoms with Crippen LogP contribution in [-0.4, -0.2) is 5.91 Å². The minimum atomic E-state index is -0.525. The molecule has 7 heteroatoms. The number of nitrogen functional groups attached to an aromatic ring is 1. The van der Waals surface area contributed by atoms with Crippen molar-refractivity contribution in [2.24, 2.45) is 0 Å². The van der Waals surface area contributed by atoms with E-state index in [2.05, 4.69) is 5.32 Å². The van der Waals surface area contributed by atoms with E-state index in [1.54, 1.807) is 0 Å². The highest BCUT2D eigenvalue weighted by molar-refractivity contribution is 6.44. The molecule has 0 aliphatic carbocycles. The van der Waals surface area contributed by atoms with Crippen LogP contribution in [0.1, 0.15) is 10.4 Å². The van der Waals surface area contributed by atoms with Crippen molar-refractivity contribution in [1.29, 1.82) is 0 Å². The number of nitrogens with one attached hydrogen (secondary N) is 1. The molecule has 0 heterocycles. The number of benzene rings is 2. The Morgan fingerprint density at radius 1 is 1.05 bits per heavy atom. The van der Waals surface area contributed by atoms with Gasteiger partial charge in [0.25, 0.3) is 5.91 Å². The highest BCUT2D eigenvalue weighted by Crippen LogP contribution is 2.32. The smallest absolute Gasteiger partial charge is 0.257 e. The van der Waals surface area contributed by atoms with Crippen molar-refractivity contribution in [3.8, 4) is 0 Å². The van der Waals surface area contributed by atoms with E-state index in [0.717, 1.165) is 12.1 Å². The average molecular weight is 334 g/mol. The van der Waals surface area contributed by atoms with E-state index in [1.165, 1.54) is 18.2 Å². The van der Waals surface area contributed by atoms with Crippen LogP contribution in [0, 0.1) is 5.82 Å². The van der Waals surface area contributed by atoms with Crippen LogP contribution in [0.3, 0.4) is 0 Å². The Morgan fingerprint density at radius 2 is 1.70 bits per heavy atom. The van der Waals surface area contributed by atoms with Gasteiger partial charge in [0.1, 0.15) is 5.82 Å². The van der Waals surface area contributed by atoms with Gasteiger partial charge in [-0.15, -0.1) is 0 Å². The van der Waals surface area contributed by atoms with E-state index in [-0.39, 0.29) is 32.0 Å². The van der Waals surface area contributed by atoms with Gasteiger partial charge in [-0.2, -0.15) is 0 Å². The highest BCUT2D eigenvalue weighted by atomic mass is 35.5. The van der Waals surface area contributed by atoms with Gasteiger partial charge >= 0.3 is 0 Å². The Bertz CT molecular complexity index is 692. The number of hydrogen-bond acceptors (Lipinski definition) is 2. The Balaban J connectivity index is 2.30. The molecule has 104 valence electrons. The van der Waals surface area contributed by atoms with Crippen molar-refractivity contribution in [3.63, 3.8) is 0 Å². The fourth-order valence-electron chi connectivity index (χ4n) is 1.55. The van der Waals surface area contributed by atoms with Crippen molar-refractivity contribution < 1.29 is 9.18 Å². The SMILES string of the molecule is Nc1cc(F)ccc1C(=O)Nc1cc(Cl)c(Cl)cc1Cl. The first kappa shape index (κ1) is 14.9. The number of anilines is 2. The first-order valence-electron chi connectivity index (χ1n) is 5.39. The topological polar surface area (TPSA) is 55.1 Å². The van der Waals surface area contributed by atoms with Crippen LogP contribution in [0.2, 0.25) is 15.1 Å². The Kier molecular flexibility index (Phi) is 4.38. The molecule has 0 atom stereocenters. The highest BCUT2D eigenvalue weighted by Gasteiger charge is 2.13. The van der Waals surface area contributed by atoms with Crippen LogP contribution in [0.15, 0.2) is 30.3 Å². The largest absolute Gasteiger partial charge is 0.398 e. The van der Waals surface area contributed by atoms with E-state index >= 15 is 0 Å². The second kappa shape index (κ2) is 5.87. The maximum atomic E-state index is 12.9. The molecule has 1 amide bonds. The average Bonchev–Trinajstić information content (AvgIpc) is 2.35. The third-order valence-electron chi connectivity index (χ3n) is 2.52. The van der Waals surface area contributed by atoms with Gasteiger partial charge in [0, 0.05) is 5.69 Å². The molecule has 2 aromatic carbocycles. The molecule has 0 spiro atoms. The zero-order valence-electron chi connectivity index (χ0n) is 9.88. The standard InChI is InChI=1S/C13H8Cl3FN2O/c14-8-4-10(16)12(5-9(8)15)19-13(20)7-2-1-6(17)3-11(7)18/h1-5H,18H2,(H,19,20). The summed E-state index contributed by atoms with van der Waals surface area (Å²) < 4.78 is 12.9. The van der Waals surface area contributed by atoms with Gasteiger partial charge < -0.3 is 11.1 Å². The van der Waals surface area contributed by atoms with Gasteiger partial charge in [0.15, 0.2) is 0 Å². The maximum Gasteiger partial charge on any atom is 0.257 e. The molecule has 3 nitrogen and oxygen atoms in total. The Hall–Kier alpha value is -1.49. The quantitative estimate of drug-likeness (QED) is 0.622. The second-order valence-electron chi connectivity index (χ2n) is 3.93. The molecule has 20 heavy (non-hydrogen) atoms. The minimum absolute atomic E-state index is 0.0266. The summed E-state index contributed by atoms with van der Waals surface area (Å²) in [5.74, 6) is -1.05. The predicted molar refractivity (Wildman–Crippen MR) is 80.2 cm³/mol. The second-order valence-corrected chi connectivity index (χ2v) is 5.15. The van der Waals surface area contributed by atoms with Gasteiger partial charge in [-0.25, -0.2) is 4.39 Å². The normalized spacial score (nSPS) is 10.4. The predicted octanol–water partition coefficient (Wildman–Crippen LogP) is 4.62. The molecule has 0 saturated heterocycles. The summed E-state index contributed by atoms with van der Waals surface area (Å²) in [6.07, 6.45) is 0. The first-order valence-corrected chi connectivity index (χ1v) is 6.53. The van der Waals surface area contributed by atoms with Gasteiger partial charge in [0.2, 0.25) is 0 Å². The molecule has 0 saturated carbocycles. The molecule has 2 aromatic rings. The molecule has 0 bridgehead atoms. The lowest BCUT2D eigenvalue weighted by Gasteiger charge is -2.10. The summed E-state index contributed by atoms with van der Waals surface area (Å²) in [5.41, 5.74) is 6.03. The number of hydrogen-bond donors (Lipinski definition) is 2. The third-order valence-corrected chi connectivity index (χ3v) is 3.55. The number of carbonyl (C=O) groups excluding carboxylic acids is 1. The van der Waals surface area contributed by atoms with Crippen LogP contribution in [0.25, 0.3) is 0 Å². The van der Waals surface area contributed by atoms with Gasteiger partial charge in [-0.1, -0.05) is 34.8 Å². The van der Waals surface area contributed by atoms with Crippen molar-refractivity contribution in [3.05, 3.63) is 56.8 Å². The first-order chi connectivity index (χ1) is 9.38. The van der Waals surface area contributed by atoms with Crippen LogP contribution in [0.4, 0.5) is 15.8 Å². The van der Waals surface area contributed by atoms with E-state index in [0.29, 0.717) is 0 Å². The Morgan fingerprint density at radius 3 is 2.35 bits per heavy atom. The Labute approximate surface area is 129 Å². The molecular weight excluding hydrogens is 326 g/mol. The lowest BCUT2D eigenvalue weighted by Crippen LogP contribution is -2.14. The van der Waals surface area contributed by atoms with Gasteiger partial charge in [-0.05, 0) is 30.3 Å². The van der Waals surface area contributed by atoms with Crippen LogP contribution in [-0.2, 0) is 0 Å². The maximum absolute atomic E-state index is 12.9. The van der Waals surface area contributed by atoms with Crippen molar-refractivity contribution in [2.75, 3.05) is 11.1 Å². The summed E-state index contributed by atoms with van der Waals surface area (Å²) in [6, 6.07) is 6.32. The molecular formula is C13H8Cl3FN2O. The van der Waals surface area contributed by atoms with Gasteiger partial charge in [0.05, 0.1) is 26.3 Å². The molecule has 0 fully saturated rings. The third kappa shape index (κ3) is 3.15. The van der Waals surface area contributed by atoms with Gasteiger partial charge in [-0.3, -0.25) is 4.79 Å². The van der Waals surface area contributed by atoms with E-state index < -0.39 is 11.7 Å². The molecule has 0 aliphatic rings. The summed E-state index contributed by atoms with van der Waals surface area (Å²) in [6.45, 7) is 0. The summed E-state index contributed by atoms with van der Waals surface area (Å²) in [7, 11) is 0. The lowest BCUT2D eigenvalue weighted by molar-refractivity contribution is 0.102. The minimum Gasteiger partial charge on any atom is -0.398 e. The molecule has 0 aliphatic heterocycles. The van der Waals surface area contributed by atoms with Crippen LogP contribution < -0.4 is 11.1 Å². The number of nitrogens with two attached hydrogens (primary N) is 1. The molecule has 0 aromatic heterocycles. The monoisotopic (exact) mass is 332 g/mol.